The maximum atomic E-state index is 8.76. The molecule has 0 bridgehead atoms. The maximum absolute atomic E-state index is 8.76. The fraction of sp³-hybridized carbons (Fsp3) is 0.923. The SMILES string of the molecule is CC1(CC#N)CCC(C(C)(C)C)CC1. The molecule has 0 heterocycles. The van der Waals surface area contributed by atoms with Crippen molar-refractivity contribution in [3.8, 4) is 6.07 Å². The van der Waals surface area contributed by atoms with Crippen LogP contribution in [0, 0.1) is 28.1 Å². The van der Waals surface area contributed by atoms with E-state index >= 15 is 0 Å². The van der Waals surface area contributed by atoms with Crippen molar-refractivity contribution in [1.29, 1.82) is 5.26 Å². The molecule has 14 heavy (non-hydrogen) atoms. The predicted octanol–water partition coefficient (Wildman–Crippen LogP) is 4.14. The molecule has 0 aliphatic heterocycles. The minimum atomic E-state index is 0.316. The molecule has 0 atom stereocenters. The molecule has 1 aliphatic carbocycles. The van der Waals surface area contributed by atoms with Crippen LogP contribution in [0.5, 0.6) is 0 Å². The Bertz CT molecular complexity index is 221. The number of nitriles is 1. The van der Waals surface area contributed by atoms with Crippen molar-refractivity contribution in [1.82, 2.24) is 0 Å². The van der Waals surface area contributed by atoms with Gasteiger partial charge in [0.1, 0.15) is 0 Å². The first-order valence-corrected chi connectivity index (χ1v) is 5.74. The minimum Gasteiger partial charge on any atom is -0.198 e. The molecule has 0 saturated heterocycles. The summed E-state index contributed by atoms with van der Waals surface area (Å²) in [5.74, 6) is 0.856. The molecule has 0 amide bonds. The largest absolute Gasteiger partial charge is 0.198 e. The summed E-state index contributed by atoms with van der Waals surface area (Å²) in [6.07, 6.45) is 5.83. The fourth-order valence-corrected chi connectivity index (χ4v) is 2.55. The average Bonchev–Trinajstić information content (AvgIpc) is 2.03. The summed E-state index contributed by atoms with van der Waals surface area (Å²) in [6.45, 7) is 9.29. The highest BCUT2D eigenvalue weighted by Crippen LogP contribution is 2.46. The van der Waals surface area contributed by atoms with Gasteiger partial charge in [-0.25, -0.2) is 0 Å². The van der Waals surface area contributed by atoms with Gasteiger partial charge in [-0.1, -0.05) is 27.7 Å². The summed E-state index contributed by atoms with van der Waals surface area (Å²) in [6, 6.07) is 2.33. The lowest BCUT2D eigenvalue weighted by atomic mass is 9.64. The van der Waals surface area contributed by atoms with Crippen molar-refractivity contribution in [3.63, 3.8) is 0 Å². The number of hydrogen-bond acceptors (Lipinski definition) is 1. The first kappa shape index (κ1) is 11.6. The molecule has 1 rings (SSSR count). The van der Waals surface area contributed by atoms with Crippen molar-refractivity contribution in [3.05, 3.63) is 0 Å². The molecule has 0 aromatic heterocycles. The van der Waals surface area contributed by atoms with Crippen molar-refractivity contribution < 1.29 is 0 Å². The van der Waals surface area contributed by atoms with Crippen LogP contribution in [-0.2, 0) is 0 Å². The quantitative estimate of drug-likeness (QED) is 0.614. The van der Waals surface area contributed by atoms with E-state index in [1.54, 1.807) is 0 Å². The highest BCUT2D eigenvalue weighted by atomic mass is 14.4. The number of hydrogen-bond donors (Lipinski definition) is 0. The molecule has 0 N–H and O–H groups in total. The van der Waals surface area contributed by atoms with E-state index < -0.39 is 0 Å². The van der Waals surface area contributed by atoms with Gasteiger partial charge in [0.15, 0.2) is 0 Å². The summed E-state index contributed by atoms with van der Waals surface area (Å²) in [5.41, 5.74) is 0.768. The van der Waals surface area contributed by atoms with E-state index in [0.29, 0.717) is 10.8 Å². The summed E-state index contributed by atoms with van der Waals surface area (Å²) in [5, 5.41) is 8.76. The van der Waals surface area contributed by atoms with Crippen LogP contribution in [0.2, 0.25) is 0 Å². The van der Waals surface area contributed by atoms with Gasteiger partial charge in [0, 0.05) is 6.42 Å². The first-order chi connectivity index (χ1) is 6.37. The molecule has 0 aromatic carbocycles. The molecule has 0 unspecified atom stereocenters. The van der Waals surface area contributed by atoms with Gasteiger partial charge in [0.2, 0.25) is 0 Å². The van der Waals surface area contributed by atoms with Crippen molar-refractivity contribution in [2.75, 3.05) is 0 Å². The van der Waals surface area contributed by atoms with Crippen molar-refractivity contribution in [2.45, 2.75) is 59.8 Å². The molecular formula is C13H23N. The lowest BCUT2D eigenvalue weighted by Gasteiger charge is -2.41. The van der Waals surface area contributed by atoms with Gasteiger partial charge < -0.3 is 0 Å². The number of rotatable bonds is 1. The van der Waals surface area contributed by atoms with Gasteiger partial charge in [-0.05, 0) is 42.4 Å². The lowest BCUT2D eigenvalue weighted by molar-refractivity contribution is 0.102. The highest BCUT2D eigenvalue weighted by molar-refractivity contribution is 4.91. The second kappa shape index (κ2) is 3.93. The van der Waals surface area contributed by atoms with Crippen LogP contribution >= 0.6 is 0 Å². The van der Waals surface area contributed by atoms with Crippen molar-refractivity contribution >= 4 is 0 Å². The third-order valence-corrected chi connectivity index (χ3v) is 3.92. The Morgan fingerprint density at radius 3 is 2.14 bits per heavy atom. The molecule has 0 aromatic rings. The topological polar surface area (TPSA) is 23.8 Å². The molecular weight excluding hydrogens is 170 g/mol. The monoisotopic (exact) mass is 193 g/mol. The summed E-state index contributed by atoms with van der Waals surface area (Å²) in [4.78, 5) is 0. The Labute approximate surface area is 88.5 Å². The van der Waals surface area contributed by atoms with Crippen LogP contribution in [0.25, 0.3) is 0 Å². The molecule has 80 valence electrons. The van der Waals surface area contributed by atoms with E-state index in [0.717, 1.165) is 12.3 Å². The Morgan fingerprint density at radius 2 is 1.79 bits per heavy atom. The highest BCUT2D eigenvalue weighted by Gasteiger charge is 2.35. The van der Waals surface area contributed by atoms with Gasteiger partial charge in [-0.15, -0.1) is 0 Å². The molecule has 0 radical (unpaired) electrons. The van der Waals surface area contributed by atoms with E-state index in [1.165, 1.54) is 25.7 Å². The molecule has 0 spiro atoms. The Balaban J connectivity index is 2.51. The second-order valence-electron chi connectivity index (χ2n) is 6.29. The van der Waals surface area contributed by atoms with E-state index in [4.69, 9.17) is 5.26 Å². The Hall–Kier alpha value is -0.510. The molecule has 1 aliphatic rings. The minimum absolute atomic E-state index is 0.316. The first-order valence-electron chi connectivity index (χ1n) is 5.74. The van der Waals surface area contributed by atoms with Gasteiger partial charge in [-0.3, -0.25) is 0 Å². The average molecular weight is 193 g/mol. The van der Waals surface area contributed by atoms with Crippen LogP contribution in [0.1, 0.15) is 59.8 Å². The second-order valence-corrected chi connectivity index (χ2v) is 6.29. The Morgan fingerprint density at radius 1 is 1.29 bits per heavy atom. The number of nitrogens with zero attached hydrogens (tertiary/aromatic N) is 1. The predicted molar refractivity (Wildman–Crippen MR) is 59.8 cm³/mol. The summed E-state index contributed by atoms with van der Waals surface area (Å²) < 4.78 is 0. The molecule has 1 heteroatoms. The third-order valence-electron chi connectivity index (χ3n) is 3.92. The zero-order chi connectivity index (χ0) is 10.8. The fourth-order valence-electron chi connectivity index (χ4n) is 2.55. The van der Waals surface area contributed by atoms with Crippen LogP contribution in [-0.4, -0.2) is 0 Å². The van der Waals surface area contributed by atoms with Crippen LogP contribution < -0.4 is 0 Å². The Kier molecular flexibility index (Phi) is 3.24. The van der Waals surface area contributed by atoms with Gasteiger partial charge in [0.25, 0.3) is 0 Å². The van der Waals surface area contributed by atoms with Gasteiger partial charge >= 0.3 is 0 Å². The smallest absolute Gasteiger partial charge is 0.0627 e. The van der Waals surface area contributed by atoms with Crippen LogP contribution in [0.15, 0.2) is 0 Å². The van der Waals surface area contributed by atoms with Crippen LogP contribution in [0.3, 0.4) is 0 Å². The van der Waals surface area contributed by atoms with Gasteiger partial charge in [-0.2, -0.15) is 5.26 Å². The van der Waals surface area contributed by atoms with E-state index in [2.05, 4.69) is 33.8 Å². The molecule has 1 fully saturated rings. The zero-order valence-corrected chi connectivity index (χ0v) is 10.1. The summed E-state index contributed by atoms with van der Waals surface area (Å²) >= 11 is 0. The molecule has 1 saturated carbocycles. The maximum Gasteiger partial charge on any atom is 0.0627 e. The van der Waals surface area contributed by atoms with E-state index in [-0.39, 0.29) is 0 Å². The van der Waals surface area contributed by atoms with Crippen LogP contribution in [0.4, 0.5) is 0 Å². The standard InChI is InChI=1S/C13H23N/c1-12(2,3)11-5-7-13(4,8-6-11)9-10-14/h11H,5-9H2,1-4H3. The normalized spacial score (nSPS) is 33.8. The molecule has 1 nitrogen and oxygen atoms in total. The lowest BCUT2D eigenvalue weighted by Crippen LogP contribution is -2.30. The summed E-state index contributed by atoms with van der Waals surface area (Å²) in [7, 11) is 0. The third kappa shape index (κ3) is 2.74. The van der Waals surface area contributed by atoms with E-state index in [1.807, 2.05) is 0 Å². The van der Waals surface area contributed by atoms with E-state index in [9.17, 15) is 0 Å². The van der Waals surface area contributed by atoms with Gasteiger partial charge in [0.05, 0.1) is 6.07 Å². The van der Waals surface area contributed by atoms with Crippen molar-refractivity contribution in [2.24, 2.45) is 16.7 Å². The zero-order valence-electron chi connectivity index (χ0n) is 10.1.